The highest BCUT2D eigenvalue weighted by Gasteiger charge is 2.17. The van der Waals surface area contributed by atoms with Gasteiger partial charge in [-0.05, 0) is 57.9 Å². The van der Waals surface area contributed by atoms with Crippen LogP contribution in [0.25, 0.3) is 22.3 Å². The van der Waals surface area contributed by atoms with E-state index in [2.05, 4.69) is 5.10 Å². The van der Waals surface area contributed by atoms with Crippen molar-refractivity contribution in [2.24, 2.45) is 5.73 Å². The molecule has 1 aromatic carbocycles. The third kappa shape index (κ3) is 4.34. The number of nitrogens with two attached hydrogens (primary N) is 1. The molecule has 29 heavy (non-hydrogen) atoms. The van der Waals surface area contributed by atoms with Crippen LogP contribution in [0.4, 0.5) is 0 Å². The third-order valence-electron chi connectivity index (χ3n) is 4.80. The van der Waals surface area contributed by atoms with Gasteiger partial charge in [-0.3, -0.25) is 9.48 Å². The Bertz CT molecular complexity index is 1030. The molecule has 1 amide bonds. The zero-order chi connectivity index (χ0) is 21.0. The monoisotopic (exact) mass is 396 g/mol. The maximum Gasteiger partial charge on any atom is 0.217 e. The smallest absolute Gasteiger partial charge is 0.217 e. The van der Waals surface area contributed by atoms with Crippen molar-refractivity contribution in [3.8, 4) is 22.8 Å². The van der Waals surface area contributed by atoms with Crippen molar-refractivity contribution in [1.82, 2.24) is 14.8 Å². The zero-order valence-electron chi connectivity index (χ0n) is 17.5. The topological polar surface area (TPSA) is 92.3 Å². The lowest BCUT2D eigenvalue weighted by Crippen LogP contribution is -2.12. The van der Waals surface area contributed by atoms with Crippen LogP contribution in [0.2, 0.25) is 0 Å². The number of nitrogens with zero attached hydrogens (tertiary/aromatic N) is 3. The number of rotatable bonds is 9. The van der Waals surface area contributed by atoms with E-state index >= 15 is 0 Å². The van der Waals surface area contributed by atoms with E-state index < -0.39 is 0 Å². The number of carbonyl (C=O) groups is 1. The fourth-order valence-electron chi connectivity index (χ4n) is 3.53. The molecule has 2 heterocycles. The van der Waals surface area contributed by atoms with Gasteiger partial charge in [-0.25, -0.2) is 4.98 Å². The lowest BCUT2D eigenvalue weighted by molar-refractivity contribution is -0.118. The Hall–Kier alpha value is -3.09. The summed E-state index contributed by atoms with van der Waals surface area (Å²) >= 11 is 0. The minimum absolute atomic E-state index is 0.298. The lowest BCUT2D eigenvalue weighted by atomic mass is 10.0. The third-order valence-corrected chi connectivity index (χ3v) is 4.80. The molecule has 0 radical (unpaired) electrons. The second-order valence-electron chi connectivity index (χ2n) is 6.93. The van der Waals surface area contributed by atoms with Crippen molar-refractivity contribution in [2.45, 2.75) is 47.1 Å². The highest BCUT2D eigenvalue weighted by Crippen LogP contribution is 2.38. The van der Waals surface area contributed by atoms with Crippen molar-refractivity contribution in [3.05, 3.63) is 35.5 Å². The van der Waals surface area contributed by atoms with E-state index in [4.69, 9.17) is 20.2 Å². The van der Waals surface area contributed by atoms with Crippen LogP contribution in [-0.4, -0.2) is 33.9 Å². The second-order valence-corrected chi connectivity index (χ2v) is 6.93. The number of aromatic nitrogens is 3. The lowest BCUT2D eigenvalue weighted by Gasteiger charge is -2.17. The Kier molecular flexibility index (Phi) is 6.36. The predicted molar refractivity (Wildman–Crippen MR) is 113 cm³/mol. The SMILES string of the molecule is CCOc1ccc(-c2cc(C)c3c(cnn3CCCC(N)=O)n2)c(OCC)c1C. The van der Waals surface area contributed by atoms with Crippen LogP contribution >= 0.6 is 0 Å². The number of aryl methyl sites for hydroxylation is 2. The number of pyridine rings is 1. The van der Waals surface area contributed by atoms with Crippen LogP contribution in [0.1, 0.15) is 37.8 Å². The number of hydrogen-bond acceptors (Lipinski definition) is 5. The molecule has 0 aliphatic heterocycles. The molecule has 0 aliphatic rings. The molecular formula is C22H28N4O3. The van der Waals surface area contributed by atoms with Crippen LogP contribution < -0.4 is 15.2 Å². The minimum Gasteiger partial charge on any atom is -0.493 e. The summed E-state index contributed by atoms with van der Waals surface area (Å²) < 4.78 is 13.6. The molecule has 3 rings (SSSR count). The molecule has 0 saturated carbocycles. The second kappa shape index (κ2) is 8.94. The van der Waals surface area contributed by atoms with Gasteiger partial charge in [-0.1, -0.05) is 0 Å². The summed E-state index contributed by atoms with van der Waals surface area (Å²) in [5.41, 5.74) is 10.8. The first-order valence-corrected chi connectivity index (χ1v) is 9.97. The molecule has 3 aromatic rings. The van der Waals surface area contributed by atoms with E-state index in [1.54, 1.807) is 6.20 Å². The molecule has 154 valence electrons. The van der Waals surface area contributed by atoms with Gasteiger partial charge in [0.05, 0.1) is 30.6 Å². The first kappa shape index (κ1) is 20.6. The number of amides is 1. The zero-order valence-corrected chi connectivity index (χ0v) is 17.5. The Labute approximate surface area is 170 Å². The number of fused-ring (bicyclic) bond motifs is 1. The number of benzene rings is 1. The normalized spacial score (nSPS) is 11.0. The summed E-state index contributed by atoms with van der Waals surface area (Å²) in [6.07, 6.45) is 2.76. The Morgan fingerprint density at radius 1 is 1.17 bits per heavy atom. The number of primary amides is 1. The van der Waals surface area contributed by atoms with E-state index in [0.717, 1.165) is 44.9 Å². The van der Waals surface area contributed by atoms with E-state index in [9.17, 15) is 4.79 Å². The van der Waals surface area contributed by atoms with E-state index in [1.807, 2.05) is 50.6 Å². The van der Waals surface area contributed by atoms with E-state index in [-0.39, 0.29) is 5.91 Å². The molecule has 0 bridgehead atoms. The largest absolute Gasteiger partial charge is 0.493 e. The standard InChI is InChI=1S/C22H28N4O3/c1-5-28-19-10-9-16(22(15(19)4)29-6-2)17-12-14(3)21-18(25-17)13-24-26(21)11-7-8-20(23)27/h9-10,12-13H,5-8,11H2,1-4H3,(H2,23,27). The van der Waals surface area contributed by atoms with Crippen LogP contribution in [0, 0.1) is 13.8 Å². The van der Waals surface area contributed by atoms with Gasteiger partial charge < -0.3 is 15.2 Å². The molecule has 0 fully saturated rings. The van der Waals surface area contributed by atoms with Crippen molar-refractivity contribution >= 4 is 16.9 Å². The van der Waals surface area contributed by atoms with Gasteiger partial charge in [0.1, 0.15) is 17.0 Å². The summed E-state index contributed by atoms with van der Waals surface area (Å²) in [4.78, 5) is 15.8. The Balaban J connectivity index is 2.02. The first-order valence-electron chi connectivity index (χ1n) is 9.97. The molecule has 0 aliphatic carbocycles. The number of hydrogen-bond donors (Lipinski definition) is 1. The van der Waals surface area contributed by atoms with Crippen LogP contribution in [0.3, 0.4) is 0 Å². The van der Waals surface area contributed by atoms with Gasteiger partial charge in [-0.2, -0.15) is 5.10 Å². The predicted octanol–water partition coefficient (Wildman–Crippen LogP) is 3.78. The van der Waals surface area contributed by atoms with Gasteiger partial charge in [0, 0.05) is 24.1 Å². The van der Waals surface area contributed by atoms with Gasteiger partial charge in [-0.15, -0.1) is 0 Å². The van der Waals surface area contributed by atoms with Crippen LogP contribution in [0.15, 0.2) is 24.4 Å². The summed E-state index contributed by atoms with van der Waals surface area (Å²) in [6.45, 7) is 9.76. The Morgan fingerprint density at radius 3 is 2.62 bits per heavy atom. The van der Waals surface area contributed by atoms with Gasteiger partial charge in [0.15, 0.2) is 0 Å². The van der Waals surface area contributed by atoms with Crippen LogP contribution in [-0.2, 0) is 11.3 Å². The van der Waals surface area contributed by atoms with Gasteiger partial charge >= 0.3 is 0 Å². The maximum atomic E-state index is 11.0. The van der Waals surface area contributed by atoms with Crippen molar-refractivity contribution in [1.29, 1.82) is 0 Å². The van der Waals surface area contributed by atoms with Crippen LogP contribution in [0.5, 0.6) is 11.5 Å². The molecule has 2 N–H and O–H groups in total. The minimum atomic E-state index is -0.298. The summed E-state index contributed by atoms with van der Waals surface area (Å²) in [7, 11) is 0. The average molecular weight is 396 g/mol. The van der Waals surface area contributed by atoms with Crippen molar-refractivity contribution < 1.29 is 14.3 Å². The molecule has 2 aromatic heterocycles. The summed E-state index contributed by atoms with van der Waals surface area (Å²) in [6, 6.07) is 6.01. The first-order chi connectivity index (χ1) is 14.0. The van der Waals surface area contributed by atoms with E-state index in [0.29, 0.717) is 32.6 Å². The molecule has 0 spiro atoms. The summed E-state index contributed by atoms with van der Waals surface area (Å²) in [5, 5.41) is 4.45. The number of carbonyl (C=O) groups excluding carboxylic acids is 1. The molecule has 7 nitrogen and oxygen atoms in total. The van der Waals surface area contributed by atoms with E-state index in [1.165, 1.54) is 0 Å². The fourth-order valence-corrected chi connectivity index (χ4v) is 3.53. The maximum absolute atomic E-state index is 11.0. The molecule has 0 saturated heterocycles. The highest BCUT2D eigenvalue weighted by molar-refractivity contribution is 5.83. The van der Waals surface area contributed by atoms with Crippen molar-refractivity contribution in [2.75, 3.05) is 13.2 Å². The highest BCUT2D eigenvalue weighted by atomic mass is 16.5. The average Bonchev–Trinajstić information content (AvgIpc) is 3.08. The molecule has 7 heteroatoms. The Morgan fingerprint density at radius 2 is 1.93 bits per heavy atom. The number of ether oxygens (including phenoxy) is 2. The quantitative estimate of drug-likeness (QED) is 0.594. The summed E-state index contributed by atoms with van der Waals surface area (Å²) in [5.74, 6) is 1.31. The van der Waals surface area contributed by atoms with Gasteiger partial charge in [0.2, 0.25) is 5.91 Å². The van der Waals surface area contributed by atoms with Gasteiger partial charge in [0.25, 0.3) is 0 Å². The molecule has 0 atom stereocenters. The molecular weight excluding hydrogens is 368 g/mol. The molecule has 0 unspecified atom stereocenters. The fraction of sp³-hybridized carbons (Fsp3) is 0.409. The van der Waals surface area contributed by atoms with Crippen molar-refractivity contribution in [3.63, 3.8) is 0 Å².